The summed E-state index contributed by atoms with van der Waals surface area (Å²) in [6.07, 6.45) is 0. The zero-order chi connectivity index (χ0) is 13.9. The lowest BCUT2D eigenvalue weighted by atomic mass is 10.1. The minimum atomic E-state index is -0.544. The number of thiophene rings is 1. The van der Waals surface area contributed by atoms with Crippen LogP contribution in [-0.4, -0.2) is 24.1 Å². The molecular weight excluding hydrogens is 252 g/mol. The van der Waals surface area contributed by atoms with Crippen molar-refractivity contribution in [1.29, 1.82) is 0 Å². The molecule has 0 radical (unpaired) electrons. The summed E-state index contributed by atoms with van der Waals surface area (Å²) >= 11 is 1.20. The first-order chi connectivity index (χ1) is 8.26. The Morgan fingerprint density at radius 3 is 2.39 bits per heavy atom. The third-order valence-corrected chi connectivity index (χ3v) is 3.18. The molecule has 0 atom stereocenters. The van der Waals surface area contributed by atoms with Gasteiger partial charge in [-0.05, 0) is 40.2 Å². The Kier molecular flexibility index (Phi) is 4.51. The Bertz CT molecular complexity index is 454. The quantitative estimate of drug-likeness (QED) is 0.791. The monoisotopic (exact) mass is 270 g/mol. The van der Waals surface area contributed by atoms with Gasteiger partial charge in [0.2, 0.25) is 0 Å². The second kappa shape index (κ2) is 5.52. The van der Waals surface area contributed by atoms with E-state index < -0.39 is 17.5 Å². The Labute approximate surface area is 111 Å². The summed E-state index contributed by atoms with van der Waals surface area (Å²) < 4.78 is 10.2. The normalized spacial score (nSPS) is 11.2. The lowest BCUT2D eigenvalue weighted by Gasteiger charge is -2.19. The molecule has 1 rings (SSSR count). The highest BCUT2D eigenvalue weighted by molar-refractivity contribution is 7.12. The minimum absolute atomic E-state index is 0.315. The molecule has 0 aromatic carbocycles. The summed E-state index contributed by atoms with van der Waals surface area (Å²) in [5.41, 5.74) is 0.507. The van der Waals surface area contributed by atoms with Crippen molar-refractivity contribution in [3.8, 4) is 0 Å². The number of carbonyl (C=O) groups is 2. The van der Waals surface area contributed by atoms with Gasteiger partial charge in [-0.25, -0.2) is 9.59 Å². The molecule has 1 aromatic rings. The third kappa shape index (κ3) is 3.57. The number of esters is 2. The van der Waals surface area contributed by atoms with Crippen LogP contribution >= 0.6 is 11.3 Å². The second-order valence-electron chi connectivity index (χ2n) is 4.83. The van der Waals surface area contributed by atoms with Crippen LogP contribution in [0.2, 0.25) is 0 Å². The first kappa shape index (κ1) is 14.7. The Morgan fingerprint density at radius 2 is 1.89 bits per heavy atom. The smallest absolute Gasteiger partial charge is 0.349 e. The van der Waals surface area contributed by atoms with Crippen molar-refractivity contribution in [1.82, 2.24) is 0 Å². The SMILES string of the molecule is CCOC(=O)c1csc(C(=O)OC(C)(C)C)c1C. The molecule has 0 aliphatic heterocycles. The van der Waals surface area contributed by atoms with Crippen LogP contribution in [0.3, 0.4) is 0 Å². The average Bonchev–Trinajstić information content (AvgIpc) is 2.57. The van der Waals surface area contributed by atoms with E-state index in [1.807, 2.05) is 0 Å². The van der Waals surface area contributed by atoms with Crippen LogP contribution < -0.4 is 0 Å². The van der Waals surface area contributed by atoms with Crippen molar-refractivity contribution in [3.05, 3.63) is 21.4 Å². The highest BCUT2D eigenvalue weighted by Crippen LogP contribution is 2.25. The molecule has 0 unspecified atom stereocenters. The van der Waals surface area contributed by atoms with Gasteiger partial charge in [0.15, 0.2) is 0 Å². The molecular formula is C13H18O4S. The minimum Gasteiger partial charge on any atom is -0.462 e. The summed E-state index contributed by atoms with van der Waals surface area (Å²) in [7, 11) is 0. The molecule has 0 aliphatic rings. The van der Waals surface area contributed by atoms with Gasteiger partial charge in [-0.15, -0.1) is 11.3 Å². The van der Waals surface area contributed by atoms with Crippen molar-refractivity contribution >= 4 is 23.3 Å². The number of hydrogen-bond acceptors (Lipinski definition) is 5. The molecule has 0 spiro atoms. The molecule has 0 aliphatic carbocycles. The van der Waals surface area contributed by atoms with E-state index in [2.05, 4.69) is 0 Å². The van der Waals surface area contributed by atoms with Crippen molar-refractivity contribution in [2.24, 2.45) is 0 Å². The van der Waals surface area contributed by atoms with Crippen molar-refractivity contribution in [2.45, 2.75) is 40.2 Å². The van der Waals surface area contributed by atoms with Crippen LogP contribution in [0.1, 0.15) is 53.3 Å². The zero-order valence-corrected chi connectivity index (χ0v) is 12.1. The molecule has 0 saturated heterocycles. The molecule has 5 heteroatoms. The van der Waals surface area contributed by atoms with Gasteiger partial charge in [-0.3, -0.25) is 0 Å². The molecule has 0 amide bonds. The number of carbonyl (C=O) groups excluding carboxylic acids is 2. The van der Waals surface area contributed by atoms with Gasteiger partial charge in [-0.1, -0.05) is 0 Å². The maximum absolute atomic E-state index is 11.9. The van der Waals surface area contributed by atoms with E-state index in [-0.39, 0.29) is 0 Å². The van der Waals surface area contributed by atoms with Gasteiger partial charge in [0, 0.05) is 5.38 Å². The fourth-order valence-corrected chi connectivity index (χ4v) is 2.29. The third-order valence-electron chi connectivity index (χ3n) is 2.12. The van der Waals surface area contributed by atoms with Crippen molar-refractivity contribution in [3.63, 3.8) is 0 Å². The molecule has 4 nitrogen and oxygen atoms in total. The van der Waals surface area contributed by atoms with E-state index in [1.165, 1.54) is 11.3 Å². The maximum atomic E-state index is 11.9. The topological polar surface area (TPSA) is 52.6 Å². The Morgan fingerprint density at radius 1 is 1.28 bits per heavy atom. The maximum Gasteiger partial charge on any atom is 0.349 e. The summed E-state index contributed by atoms with van der Waals surface area (Å²) in [6.45, 7) is 9.20. The zero-order valence-electron chi connectivity index (χ0n) is 11.3. The van der Waals surface area contributed by atoms with Crippen molar-refractivity contribution in [2.75, 3.05) is 6.61 Å². The molecule has 1 aromatic heterocycles. The van der Waals surface area contributed by atoms with Gasteiger partial charge in [0.05, 0.1) is 12.2 Å². The molecule has 0 bridgehead atoms. The van der Waals surface area contributed by atoms with E-state index in [4.69, 9.17) is 9.47 Å². The predicted molar refractivity (Wildman–Crippen MR) is 70.2 cm³/mol. The number of rotatable bonds is 3. The molecule has 0 N–H and O–H groups in total. The van der Waals surface area contributed by atoms with Crippen LogP contribution in [-0.2, 0) is 9.47 Å². The predicted octanol–water partition coefficient (Wildman–Crippen LogP) is 3.19. The fourth-order valence-electron chi connectivity index (χ4n) is 1.35. The molecule has 0 saturated carbocycles. The lowest BCUT2D eigenvalue weighted by molar-refractivity contribution is 0.00745. The van der Waals surface area contributed by atoms with Crippen LogP contribution in [0.15, 0.2) is 5.38 Å². The second-order valence-corrected chi connectivity index (χ2v) is 5.71. The molecule has 100 valence electrons. The highest BCUT2D eigenvalue weighted by atomic mass is 32.1. The van der Waals surface area contributed by atoms with E-state index in [0.717, 1.165) is 0 Å². The van der Waals surface area contributed by atoms with Gasteiger partial charge in [0.25, 0.3) is 0 Å². The van der Waals surface area contributed by atoms with Crippen LogP contribution in [0.5, 0.6) is 0 Å². The highest BCUT2D eigenvalue weighted by Gasteiger charge is 2.24. The lowest BCUT2D eigenvalue weighted by Crippen LogP contribution is -2.23. The Balaban J connectivity index is 2.93. The van der Waals surface area contributed by atoms with Crippen LogP contribution in [0.25, 0.3) is 0 Å². The van der Waals surface area contributed by atoms with E-state index in [0.29, 0.717) is 22.6 Å². The largest absolute Gasteiger partial charge is 0.462 e. The average molecular weight is 270 g/mol. The summed E-state index contributed by atoms with van der Waals surface area (Å²) in [4.78, 5) is 24.0. The van der Waals surface area contributed by atoms with Gasteiger partial charge >= 0.3 is 11.9 Å². The summed E-state index contributed by atoms with van der Waals surface area (Å²) in [5.74, 6) is -0.804. The molecule has 1 heterocycles. The van der Waals surface area contributed by atoms with Crippen LogP contribution in [0, 0.1) is 6.92 Å². The summed E-state index contributed by atoms with van der Waals surface area (Å²) in [5, 5.41) is 1.63. The van der Waals surface area contributed by atoms with Crippen LogP contribution in [0.4, 0.5) is 0 Å². The fraction of sp³-hybridized carbons (Fsp3) is 0.538. The van der Waals surface area contributed by atoms with Gasteiger partial charge in [-0.2, -0.15) is 0 Å². The molecule has 0 fully saturated rings. The van der Waals surface area contributed by atoms with E-state index in [1.54, 1.807) is 40.0 Å². The Hall–Kier alpha value is -1.36. The van der Waals surface area contributed by atoms with E-state index >= 15 is 0 Å². The van der Waals surface area contributed by atoms with Gasteiger partial charge in [0.1, 0.15) is 10.5 Å². The number of ether oxygens (including phenoxy) is 2. The number of hydrogen-bond donors (Lipinski definition) is 0. The summed E-state index contributed by atoms with van der Waals surface area (Å²) in [6, 6.07) is 0. The molecule has 18 heavy (non-hydrogen) atoms. The van der Waals surface area contributed by atoms with Gasteiger partial charge < -0.3 is 9.47 Å². The first-order valence-corrected chi connectivity index (χ1v) is 6.62. The van der Waals surface area contributed by atoms with E-state index in [9.17, 15) is 9.59 Å². The standard InChI is InChI=1S/C13H18O4S/c1-6-16-11(14)9-7-18-10(8(9)2)12(15)17-13(3,4)5/h7H,6H2,1-5H3. The van der Waals surface area contributed by atoms with Crippen molar-refractivity contribution < 1.29 is 19.1 Å². The first-order valence-electron chi connectivity index (χ1n) is 5.74.